The van der Waals surface area contributed by atoms with E-state index in [4.69, 9.17) is 0 Å². The zero-order valence-corrected chi connectivity index (χ0v) is 15.3. The second-order valence-corrected chi connectivity index (χ2v) is 7.35. The Balaban J connectivity index is 1.84. The number of aromatic carboxylic acids is 1. The highest BCUT2D eigenvalue weighted by Gasteiger charge is 2.47. The highest BCUT2D eigenvalue weighted by Crippen LogP contribution is 2.50. The number of carbonyl (C=O) groups is 2. The van der Waals surface area contributed by atoms with Crippen molar-refractivity contribution in [3.63, 3.8) is 0 Å². The SMILES string of the molecule is CC(=O)N1c2ccc(C(=O)O)cc2C(Nc2ncccn2)C(C)C1C1CC1. The summed E-state index contributed by atoms with van der Waals surface area (Å²) in [6.07, 6.45) is 5.54. The van der Waals surface area contributed by atoms with E-state index in [0.717, 1.165) is 24.1 Å². The first-order chi connectivity index (χ1) is 13.0. The van der Waals surface area contributed by atoms with E-state index in [1.807, 2.05) is 4.90 Å². The highest BCUT2D eigenvalue weighted by atomic mass is 16.4. The summed E-state index contributed by atoms with van der Waals surface area (Å²) in [4.78, 5) is 34.4. The number of amides is 1. The Morgan fingerprint density at radius 2 is 1.93 bits per heavy atom. The number of aromatic nitrogens is 2. The van der Waals surface area contributed by atoms with Gasteiger partial charge in [-0.15, -0.1) is 0 Å². The molecule has 27 heavy (non-hydrogen) atoms. The van der Waals surface area contributed by atoms with Crippen LogP contribution in [0.2, 0.25) is 0 Å². The molecule has 1 aromatic heterocycles. The summed E-state index contributed by atoms with van der Waals surface area (Å²) in [6, 6.07) is 6.62. The van der Waals surface area contributed by atoms with Crippen molar-refractivity contribution in [1.82, 2.24) is 9.97 Å². The first-order valence-corrected chi connectivity index (χ1v) is 9.18. The fourth-order valence-corrected chi connectivity index (χ4v) is 4.21. The van der Waals surface area contributed by atoms with E-state index in [9.17, 15) is 14.7 Å². The second kappa shape index (κ2) is 6.64. The quantitative estimate of drug-likeness (QED) is 0.863. The molecule has 1 aliphatic heterocycles. The van der Waals surface area contributed by atoms with Crippen molar-refractivity contribution >= 4 is 23.5 Å². The summed E-state index contributed by atoms with van der Waals surface area (Å²) in [5.41, 5.74) is 1.77. The average molecular weight is 366 g/mol. The number of carboxylic acid groups (broad SMARTS) is 1. The van der Waals surface area contributed by atoms with Crippen molar-refractivity contribution in [3.8, 4) is 0 Å². The summed E-state index contributed by atoms with van der Waals surface area (Å²) >= 11 is 0. The molecular weight excluding hydrogens is 344 g/mol. The molecule has 4 rings (SSSR count). The van der Waals surface area contributed by atoms with Gasteiger partial charge in [0.1, 0.15) is 0 Å². The number of nitrogens with one attached hydrogen (secondary N) is 1. The van der Waals surface area contributed by atoms with Crippen LogP contribution in [-0.2, 0) is 4.79 Å². The normalized spacial score (nSPS) is 24.2. The molecule has 2 aromatic rings. The standard InChI is InChI=1S/C20H22N4O3/c1-11-17(23-20-21-8-3-9-22-20)15-10-14(19(26)27)6-7-16(15)24(12(2)25)18(11)13-4-5-13/h3,6-11,13,17-18H,4-5H2,1-2H3,(H,26,27)(H,21,22,23). The van der Waals surface area contributed by atoms with Crippen molar-refractivity contribution in [1.29, 1.82) is 0 Å². The van der Waals surface area contributed by atoms with Gasteiger partial charge < -0.3 is 15.3 Å². The first-order valence-electron chi connectivity index (χ1n) is 9.18. The molecule has 3 atom stereocenters. The van der Waals surface area contributed by atoms with Crippen molar-refractivity contribution in [2.45, 2.75) is 38.8 Å². The molecule has 2 aliphatic rings. The van der Waals surface area contributed by atoms with E-state index in [0.29, 0.717) is 11.9 Å². The number of nitrogens with zero attached hydrogens (tertiary/aromatic N) is 3. The maximum atomic E-state index is 12.5. The molecular formula is C20H22N4O3. The molecule has 1 aromatic carbocycles. The number of carbonyl (C=O) groups excluding carboxylic acids is 1. The summed E-state index contributed by atoms with van der Waals surface area (Å²) in [5, 5.41) is 12.8. The number of rotatable bonds is 4. The highest BCUT2D eigenvalue weighted by molar-refractivity contribution is 5.96. The van der Waals surface area contributed by atoms with Crippen LogP contribution in [-0.4, -0.2) is 33.0 Å². The lowest BCUT2D eigenvalue weighted by Gasteiger charge is -2.45. The fourth-order valence-electron chi connectivity index (χ4n) is 4.21. The Bertz CT molecular complexity index is 882. The van der Waals surface area contributed by atoms with Gasteiger partial charge in [-0.2, -0.15) is 0 Å². The van der Waals surface area contributed by atoms with Crippen LogP contribution in [0.3, 0.4) is 0 Å². The lowest BCUT2D eigenvalue weighted by atomic mass is 9.79. The molecule has 2 N–H and O–H groups in total. The van der Waals surface area contributed by atoms with Crippen LogP contribution in [0.4, 0.5) is 11.6 Å². The van der Waals surface area contributed by atoms with Gasteiger partial charge in [0.25, 0.3) is 0 Å². The zero-order valence-electron chi connectivity index (χ0n) is 15.3. The van der Waals surface area contributed by atoms with Gasteiger partial charge in [-0.1, -0.05) is 6.92 Å². The predicted molar refractivity (Wildman–Crippen MR) is 101 cm³/mol. The lowest BCUT2D eigenvalue weighted by molar-refractivity contribution is -0.117. The van der Waals surface area contributed by atoms with E-state index in [2.05, 4.69) is 22.2 Å². The number of benzene rings is 1. The molecule has 140 valence electrons. The molecule has 1 aliphatic carbocycles. The Kier molecular flexibility index (Phi) is 4.30. The van der Waals surface area contributed by atoms with E-state index in [-0.39, 0.29) is 29.5 Å². The largest absolute Gasteiger partial charge is 0.478 e. The van der Waals surface area contributed by atoms with E-state index < -0.39 is 5.97 Å². The fraction of sp³-hybridized carbons (Fsp3) is 0.400. The first kappa shape index (κ1) is 17.5. The van der Waals surface area contributed by atoms with Crippen molar-refractivity contribution in [3.05, 3.63) is 47.8 Å². The number of anilines is 2. The minimum Gasteiger partial charge on any atom is -0.478 e. The van der Waals surface area contributed by atoms with Gasteiger partial charge in [0.15, 0.2) is 0 Å². The summed E-state index contributed by atoms with van der Waals surface area (Å²) < 4.78 is 0. The molecule has 2 heterocycles. The number of hydrogen-bond donors (Lipinski definition) is 2. The number of fused-ring (bicyclic) bond motifs is 1. The number of hydrogen-bond acceptors (Lipinski definition) is 5. The molecule has 7 nitrogen and oxygen atoms in total. The van der Waals surface area contributed by atoms with Crippen LogP contribution in [0.25, 0.3) is 0 Å². The summed E-state index contributed by atoms with van der Waals surface area (Å²) in [7, 11) is 0. The van der Waals surface area contributed by atoms with Gasteiger partial charge in [-0.3, -0.25) is 4.79 Å². The van der Waals surface area contributed by atoms with Crippen molar-refractivity contribution in [2.75, 3.05) is 10.2 Å². The maximum Gasteiger partial charge on any atom is 0.335 e. The topological polar surface area (TPSA) is 95.4 Å². The molecule has 1 amide bonds. The molecule has 1 fully saturated rings. The minimum atomic E-state index is -0.987. The monoisotopic (exact) mass is 366 g/mol. The van der Waals surface area contributed by atoms with Crippen molar-refractivity contribution in [2.24, 2.45) is 11.8 Å². The van der Waals surface area contributed by atoms with E-state index in [1.54, 1.807) is 43.6 Å². The minimum absolute atomic E-state index is 0.0162. The van der Waals surface area contributed by atoms with Crippen LogP contribution in [0.15, 0.2) is 36.7 Å². The van der Waals surface area contributed by atoms with Gasteiger partial charge in [0.2, 0.25) is 11.9 Å². The van der Waals surface area contributed by atoms with Crippen molar-refractivity contribution < 1.29 is 14.7 Å². The Labute approximate surface area is 157 Å². The maximum absolute atomic E-state index is 12.5. The molecule has 0 bridgehead atoms. The third-order valence-corrected chi connectivity index (χ3v) is 5.53. The van der Waals surface area contributed by atoms with Crippen LogP contribution in [0.5, 0.6) is 0 Å². The smallest absolute Gasteiger partial charge is 0.335 e. The lowest BCUT2D eigenvalue weighted by Crippen LogP contribution is -2.51. The van der Waals surface area contributed by atoms with Crippen LogP contribution < -0.4 is 10.2 Å². The molecule has 0 radical (unpaired) electrons. The summed E-state index contributed by atoms with van der Waals surface area (Å²) in [5.74, 6) is 0.0436. The molecule has 1 saturated carbocycles. The number of carboxylic acids is 1. The summed E-state index contributed by atoms with van der Waals surface area (Å²) in [6.45, 7) is 3.68. The third kappa shape index (κ3) is 3.13. The van der Waals surface area contributed by atoms with Gasteiger partial charge in [0.05, 0.1) is 11.6 Å². The van der Waals surface area contributed by atoms with Crippen LogP contribution >= 0.6 is 0 Å². The van der Waals surface area contributed by atoms with Crippen LogP contribution in [0.1, 0.15) is 48.7 Å². The Hall–Kier alpha value is -2.96. The molecule has 0 spiro atoms. The van der Waals surface area contributed by atoms with Gasteiger partial charge in [-0.25, -0.2) is 14.8 Å². The molecule has 7 heteroatoms. The Morgan fingerprint density at radius 1 is 1.22 bits per heavy atom. The van der Waals surface area contributed by atoms with Gasteiger partial charge in [-0.05, 0) is 48.6 Å². The average Bonchev–Trinajstić information content (AvgIpc) is 3.48. The zero-order chi connectivity index (χ0) is 19.1. The second-order valence-electron chi connectivity index (χ2n) is 7.35. The third-order valence-electron chi connectivity index (χ3n) is 5.53. The van der Waals surface area contributed by atoms with E-state index >= 15 is 0 Å². The van der Waals surface area contributed by atoms with Gasteiger partial charge >= 0.3 is 5.97 Å². The van der Waals surface area contributed by atoms with Crippen LogP contribution in [0, 0.1) is 11.8 Å². The predicted octanol–water partition coefficient (Wildman–Crippen LogP) is 3.11. The Morgan fingerprint density at radius 3 is 2.52 bits per heavy atom. The molecule has 3 unspecified atom stereocenters. The van der Waals surface area contributed by atoms with Gasteiger partial charge in [0, 0.05) is 37.0 Å². The van der Waals surface area contributed by atoms with E-state index in [1.165, 1.54) is 0 Å². The molecule has 0 saturated heterocycles.